The molecule has 5 rings (SSSR count). The third-order valence-electron chi connectivity index (χ3n) is 8.14. The summed E-state index contributed by atoms with van der Waals surface area (Å²) >= 11 is 1.34. The number of aliphatic hydroxyl groups is 2. The number of aliphatic hydroxyl groups excluding tert-OH is 1. The molecule has 0 saturated carbocycles. The van der Waals surface area contributed by atoms with Crippen LogP contribution in [0.3, 0.4) is 0 Å². The van der Waals surface area contributed by atoms with Crippen molar-refractivity contribution >= 4 is 23.2 Å². The molecule has 4 N–H and O–H groups in total. The summed E-state index contributed by atoms with van der Waals surface area (Å²) in [6, 6.07) is 17.3. The van der Waals surface area contributed by atoms with Gasteiger partial charge in [0.2, 0.25) is 5.91 Å². The molecule has 0 radical (unpaired) electrons. The Balaban J connectivity index is 1.29. The molecule has 0 fully saturated rings. The van der Waals surface area contributed by atoms with Crippen LogP contribution in [-0.4, -0.2) is 50.4 Å². The van der Waals surface area contributed by atoms with Crippen molar-refractivity contribution in [1.29, 1.82) is 0 Å². The van der Waals surface area contributed by atoms with Crippen LogP contribution in [0.25, 0.3) is 33.6 Å². The molecule has 0 bridgehead atoms. The van der Waals surface area contributed by atoms with Gasteiger partial charge in [-0.2, -0.15) is 13.2 Å². The normalized spacial score (nSPS) is 13.2. The van der Waals surface area contributed by atoms with Crippen molar-refractivity contribution in [3.63, 3.8) is 0 Å². The first-order valence-electron chi connectivity index (χ1n) is 16.0. The smallest absolute Gasteiger partial charge is 0.366 e. The van der Waals surface area contributed by atoms with Gasteiger partial charge in [0.05, 0.1) is 16.5 Å². The van der Waals surface area contributed by atoms with Crippen molar-refractivity contribution in [3.05, 3.63) is 118 Å². The lowest BCUT2D eigenvalue weighted by molar-refractivity contribution is -0.137. The van der Waals surface area contributed by atoms with E-state index >= 15 is 4.39 Å². The van der Waals surface area contributed by atoms with Crippen LogP contribution in [0.2, 0.25) is 0 Å². The standard InChI is InChI=1S/C38H36F4N4O4S/c1-21(36(49)50)45-34(47)30(46-35(48)31-15-16-32(51-31)37(2,3)4)17-22-5-7-24(8-6-22)33-43-19-26(20-44-33)25-11-14-28(29(39)18-25)23-9-12-27(13-10-23)38(40,41)42/h5-16,18-21,30,36,49-50H,17H2,1-4H3,(H,45,47)(H,46,48)/t21-,30+/m1/s1. The first kappa shape index (κ1) is 37.3. The van der Waals surface area contributed by atoms with E-state index in [1.54, 1.807) is 36.4 Å². The Labute approximate surface area is 296 Å². The quantitative estimate of drug-likeness (QED) is 0.0898. The predicted octanol–water partition coefficient (Wildman–Crippen LogP) is 7.15. The number of thiophene rings is 1. The zero-order valence-electron chi connectivity index (χ0n) is 28.1. The van der Waals surface area contributed by atoms with Crippen LogP contribution in [0.15, 0.2) is 91.3 Å². The molecular weight excluding hydrogens is 685 g/mol. The summed E-state index contributed by atoms with van der Waals surface area (Å²) in [7, 11) is 0. The zero-order chi connectivity index (χ0) is 37.1. The Morgan fingerprint density at radius 1 is 0.804 bits per heavy atom. The number of nitrogens with one attached hydrogen (secondary N) is 2. The topological polar surface area (TPSA) is 124 Å². The fraction of sp³-hybridized carbons (Fsp3) is 0.263. The third kappa shape index (κ3) is 9.23. The monoisotopic (exact) mass is 720 g/mol. The van der Waals surface area contributed by atoms with Crippen molar-refractivity contribution < 1.29 is 37.4 Å². The van der Waals surface area contributed by atoms with Crippen molar-refractivity contribution in [1.82, 2.24) is 20.6 Å². The largest absolute Gasteiger partial charge is 0.416 e. The van der Waals surface area contributed by atoms with Crippen LogP contribution < -0.4 is 10.6 Å². The van der Waals surface area contributed by atoms with Crippen LogP contribution in [0, 0.1) is 5.82 Å². The highest BCUT2D eigenvalue weighted by Crippen LogP contribution is 2.33. The lowest BCUT2D eigenvalue weighted by atomic mass is 9.95. The fourth-order valence-electron chi connectivity index (χ4n) is 5.12. The average molecular weight is 721 g/mol. The highest BCUT2D eigenvalue weighted by molar-refractivity contribution is 7.14. The minimum absolute atomic E-state index is 0.109. The van der Waals surface area contributed by atoms with Crippen LogP contribution >= 0.6 is 11.3 Å². The lowest BCUT2D eigenvalue weighted by Crippen LogP contribution is -2.52. The molecule has 2 heterocycles. The lowest BCUT2D eigenvalue weighted by Gasteiger charge is -2.22. The number of rotatable bonds is 10. The molecule has 13 heteroatoms. The molecule has 0 aliphatic rings. The maximum absolute atomic E-state index is 15.0. The molecule has 0 aliphatic carbocycles. The number of alkyl halides is 3. The maximum atomic E-state index is 15.0. The highest BCUT2D eigenvalue weighted by Gasteiger charge is 2.30. The summed E-state index contributed by atoms with van der Waals surface area (Å²) < 4.78 is 53.8. The number of carbonyl (C=O) groups excluding carboxylic acids is 2. The maximum Gasteiger partial charge on any atom is 0.416 e. The van der Waals surface area contributed by atoms with Crippen LogP contribution in [-0.2, 0) is 22.8 Å². The highest BCUT2D eigenvalue weighted by atomic mass is 32.1. The molecule has 0 unspecified atom stereocenters. The first-order chi connectivity index (χ1) is 24.0. The van der Waals surface area contributed by atoms with Gasteiger partial charge >= 0.3 is 6.18 Å². The number of halogens is 4. The Morgan fingerprint density at radius 2 is 1.41 bits per heavy atom. The van der Waals surface area contributed by atoms with Gasteiger partial charge in [0.1, 0.15) is 11.9 Å². The van der Waals surface area contributed by atoms with Gasteiger partial charge in [0.25, 0.3) is 5.91 Å². The molecule has 3 aromatic carbocycles. The van der Waals surface area contributed by atoms with Crippen LogP contribution in [0.1, 0.15) is 53.4 Å². The van der Waals surface area contributed by atoms with Crippen molar-refractivity contribution in [2.75, 3.05) is 0 Å². The number of amides is 2. The molecule has 0 aliphatic heterocycles. The van der Waals surface area contributed by atoms with Gasteiger partial charge in [-0.1, -0.05) is 69.3 Å². The van der Waals surface area contributed by atoms with Gasteiger partial charge in [0, 0.05) is 40.4 Å². The summed E-state index contributed by atoms with van der Waals surface area (Å²) in [6.07, 6.45) is -3.09. The number of hydrogen-bond donors (Lipinski definition) is 4. The molecule has 2 amide bonds. The second kappa shape index (κ2) is 15.1. The minimum atomic E-state index is -4.48. The van der Waals surface area contributed by atoms with Gasteiger partial charge in [-0.05, 0) is 59.4 Å². The molecule has 266 valence electrons. The van der Waals surface area contributed by atoms with Crippen LogP contribution in [0.5, 0.6) is 0 Å². The Morgan fingerprint density at radius 3 is 1.96 bits per heavy atom. The van der Waals surface area contributed by atoms with E-state index in [-0.39, 0.29) is 17.4 Å². The Hall–Kier alpha value is -4.98. The van der Waals surface area contributed by atoms with E-state index in [4.69, 9.17) is 0 Å². The summed E-state index contributed by atoms with van der Waals surface area (Å²) in [4.78, 5) is 36.6. The van der Waals surface area contributed by atoms with E-state index in [1.807, 2.05) is 26.8 Å². The second-order valence-electron chi connectivity index (χ2n) is 13.1. The van der Waals surface area contributed by atoms with E-state index in [1.165, 1.54) is 54.9 Å². The molecule has 2 aromatic heterocycles. The zero-order valence-corrected chi connectivity index (χ0v) is 28.9. The second-order valence-corrected chi connectivity index (χ2v) is 14.2. The SMILES string of the molecule is C[C@@H](NC(=O)[C@H](Cc1ccc(-c2ncc(-c3ccc(-c4ccc(C(F)(F)F)cc4)c(F)c3)cn2)cc1)NC(=O)c1ccc(C(C)(C)C)s1)C(O)O. The van der Waals surface area contributed by atoms with Gasteiger partial charge < -0.3 is 20.8 Å². The van der Waals surface area contributed by atoms with E-state index in [2.05, 4.69) is 20.6 Å². The van der Waals surface area contributed by atoms with Crippen molar-refractivity contribution in [3.8, 4) is 33.6 Å². The number of aromatic nitrogens is 2. The fourth-order valence-corrected chi connectivity index (χ4v) is 6.09. The Bertz CT molecular complexity index is 1990. The average Bonchev–Trinajstić information content (AvgIpc) is 3.60. The molecular formula is C38H36F4N4O4S. The van der Waals surface area contributed by atoms with E-state index in [9.17, 15) is 33.0 Å². The summed E-state index contributed by atoms with van der Waals surface area (Å²) in [5, 5.41) is 24.3. The molecule has 0 saturated heterocycles. The van der Waals surface area contributed by atoms with E-state index < -0.39 is 47.7 Å². The van der Waals surface area contributed by atoms with Crippen molar-refractivity contribution in [2.45, 2.75) is 64.1 Å². The molecule has 8 nitrogen and oxygen atoms in total. The van der Waals surface area contributed by atoms with E-state index in [0.717, 1.165) is 17.0 Å². The number of carbonyl (C=O) groups is 2. The first-order valence-corrected chi connectivity index (χ1v) is 16.8. The van der Waals surface area contributed by atoms with Crippen molar-refractivity contribution in [2.24, 2.45) is 0 Å². The van der Waals surface area contributed by atoms with Gasteiger partial charge in [-0.25, -0.2) is 14.4 Å². The number of hydrogen-bond acceptors (Lipinski definition) is 7. The van der Waals surface area contributed by atoms with Gasteiger partial charge in [-0.3, -0.25) is 9.59 Å². The van der Waals surface area contributed by atoms with Gasteiger partial charge in [-0.15, -0.1) is 11.3 Å². The third-order valence-corrected chi connectivity index (χ3v) is 9.65. The van der Waals surface area contributed by atoms with E-state index in [0.29, 0.717) is 38.5 Å². The van der Waals surface area contributed by atoms with Crippen LogP contribution in [0.4, 0.5) is 17.6 Å². The Kier molecular flexibility index (Phi) is 11.0. The molecule has 51 heavy (non-hydrogen) atoms. The minimum Gasteiger partial charge on any atom is -0.366 e. The summed E-state index contributed by atoms with van der Waals surface area (Å²) in [6.45, 7) is 7.55. The number of benzene rings is 3. The summed E-state index contributed by atoms with van der Waals surface area (Å²) in [5.74, 6) is -1.23. The predicted molar refractivity (Wildman–Crippen MR) is 187 cm³/mol. The molecule has 0 spiro atoms. The number of nitrogens with zero attached hydrogens (tertiary/aromatic N) is 2. The molecule has 2 atom stereocenters. The molecule has 5 aromatic rings. The van der Waals surface area contributed by atoms with Gasteiger partial charge in [0.15, 0.2) is 12.1 Å². The summed E-state index contributed by atoms with van der Waals surface area (Å²) in [5.41, 5.74) is 1.88.